The van der Waals surface area contributed by atoms with Gasteiger partial charge in [0.05, 0.1) is 11.2 Å². The first-order chi connectivity index (χ1) is 5.73. The fourth-order valence-electron chi connectivity index (χ4n) is 1.27. The van der Waals surface area contributed by atoms with Crippen LogP contribution >= 0.6 is 0 Å². The molecule has 0 amide bonds. The Bertz CT molecular complexity index is 227. The van der Waals surface area contributed by atoms with Crippen LogP contribution in [0.3, 0.4) is 0 Å². The zero-order valence-electron chi connectivity index (χ0n) is 7.75. The Labute approximate surface area is 73.8 Å². The summed E-state index contributed by atoms with van der Waals surface area (Å²) in [6, 6.07) is 5.89. The van der Waals surface area contributed by atoms with E-state index in [0.29, 0.717) is 0 Å². The second kappa shape index (κ2) is 3.68. The highest BCUT2D eigenvalue weighted by molar-refractivity contribution is 5.14. The Morgan fingerprint density at radius 2 is 2.00 bits per heavy atom. The van der Waals surface area contributed by atoms with Crippen LogP contribution in [-0.4, -0.2) is 4.98 Å². The van der Waals surface area contributed by atoms with Crippen LogP contribution in [-0.2, 0) is 5.54 Å². The van der Waals surface area contributed by atoms with E-state index in [4.69, 9.17) is 5.73 Å². The predicted octanol–water partition coefficient (Wildman–Crippen LogP) is 2.06. The highest BCUT2D eigenvalue weighted by Crippen LogP contribution is 2.22. The van der Waals surface area contributed by atoms with E-state index in [1.807, 2.05) is 18.2 Å². The lowest BCUT2D eigenvalue weighted by Gasteiger charge is -2.25. The van der Waals surface area contributed by atoms with Crippen molar-refractivity contribution in [3.8, 4) is 0 Å². The lowest BCUT2D eigenvalue weighted by molar-refractivity contribution is 0.400. The molecule has 2 N–H and O–H groups in total. The third kappa shape index (κ3) is 1.64. The molecule has 0 saturated carbocycles. The monoisotopic (exact) mass is 164 g/mol. The standard InChI is InChI=1S/C10H16N2/c1-3-10(11,4-2)9-7-5-6-8-12-9/h5-8H,3-4,11H2,1-2H3. The van der Waals surface area contributed by atoms with Crippen molar-refractivity contribution in [1.82, 2.24) is 4.98 Å². The van der Waals surface area contributed by atoms with Crippen molar-refractivity contribution in [2.45, 2.75) is 32.2 Å². The summed E-state index contributed by atoms with van der Waals surface area (Å²) in [6.07, 6.45) is 3.66. The average Bonchev–Trinajstić information content (AvgIpc) is 2.18. The SMILES string of the molecule is CCC(N)(CC)c1ccccn1. The van der Waals surface area contributed by atoms with Crippen LogP contribution in [0.4, 0.5) is 0 Å². The Balaban J connectivity index is 2.95. The summed E-state index contributed by atoms with van der Waals surface area (Å²) in [5, 5.41) is 0. The molecule has 0 radical (unpaired) electrons. The molecule has 66 valence electrons. The van der Waals surface area contributed by atoms with E-state index in [1.165, 1.54) is 0 Å². The highest BCUT2D eigenvalue weighted by Gasteiger charge is 2.23. The third-order valence-corrected chi connectivity index (χ3v) is 2.44. The Morgan fingerprint density at radius 3 is 2.42 bits per heavy atom. The second-order valence-corrected chi connectivity index (χ2v) is 3.08. The molecule has 2 heteroatoms. The second-order valence-electron chi connectivity index (χ2n) is 3.08. The van der Waals surface area contributed by atoms with Crippen molar-refractivity contribution in [3.05, 3.63) is 30.1 Å². The lowest BCUT2D eigenvalue weighted by Crippen LogP contribution is -2.35. The molecule has 0 fully saturated rings. The molecule has 0 aromatic carbocycles. The fraction of sp³-hybridized carbons (Fsp3) is 0.500. The molecule has 0 aliphatic carbocycles. The molecule has 0 unspecified atom stereocenters. The van der Waals surface area contributed by atoms with Gasteiger partial charge in [-0.15, -0.1) is 0 Å². The van der Waals surface area contributed by atoms with Crippen LogP contribution in [0.1, 0.15) is 32.4 Å². The van der Waals surface area contributed by atoms with Gasteiger partial charge >= 0.3 is 0 Å². The number of hydrogen-bond acceptors (Lipinski definition) is 2. The number of aromatic nitrogens is 1. The number of pyridine rings is 1. The summed E-state index contributed by atoms with van der Waals surface area (Å²) >= 11 is 0. The van der Waals surface area contributed by atoms with Gasteiger partial charge in [-0.25, -0.2) is 0 Å². The zero-order chi connectivity index (χ0) is 9.03. The molecule has 0 atom stereocenters. The van der Waals surface area contributed by atoms with Crippen molar-refractivity contribution < 1.29 is 0 Å². The molecule has 0 spiro atoms. The first-order valence-electron chi connectivity index (χ1n) is 4.43. The maximum atomic E-state index is 6.16. The number of nitrogens with zero attached hydrogens (tertiary/aromatic N) is 1. The maximum Gasteiger partial charge on any atom is 0.0602 e. The summed E-state index contributed by atoms with van der Waals surface area (Å²) in [5.74, 6) is 0. The van der Waals surface area contributed by atoms with Gasteiger partial charge in [-0.05, 0) is 25.0 Å². The van der Waals surface area contributed by atoms with Crippen molar-refractivity contribution >= 4 is 0 Å². The number of nitrogens with two attached hydrogens (primary N) is 1. The minimum absolute atomic E-state index is 0.235. The molecular weight excluding hydrogens is 148 g/mol. The van der Waals surface area contributed by atoms with Gasteiger partial charge in [0.2, 0.25) is 0 Å². The number of hydrogen-bond donors (Lipinski definition) is 1. The van der Waals surface area contributed by atoms with E-state index in [1.54, 1.807) is 6.20 Å². The lowest BCUT2D eigenvalue weighted by atomic mass is 9.90. The van der Waals surface area contributed by atoms with E-state index in [2.05, 4.69) is 18.8 Å². The van der Waals surface area contributed by atoms with Crippen molar-refractivity contribution in [2.24, 2.45) is 5.73 Å². The molecule has 0 bridgehead atoms. The normalized spacial score (nSPS) is 11.6. The molecule has 12 heavy (non-hydrogen) atoms. The van der Waals surface area contributed by atoms with Crippen LogP contribution in [0.2, 0.25) is 0 Å². The molecule has 0 saturated heterocycles. The first kappa shape index (κ1) is 9.20. The van der Waals surface area contributed by atoms with E-state index >= 15 is 0 Å². The van der Waals surface area contributed by atoms with Crippen molar-refractivity contribution in [1.29, 1.82) is 0 Å². The van der Waals surface area contributed by atoms with Crippen LogP contribution in [0, 0.1) is 0 Å². The quantitative estimate of drug-likeness (QED) is 0.742. The van der Waals surface area contributed by atoms with E-state index in [9.17, 15) is 0 Å². The summed E-state index contributed by atoms with van der Waals surface area (Å²) in [7, 11) is 0. The largest absolute Gasteiger partial charge is 0.320 e. The molecule has 1 aromatic rings. The molecule has 1 aromatic heterocycles. The highest BCUT2D eigenvalue weighted by atomic mass is 14.8. The van der Waals surface area contributed by atoms with Crippen molar-refractivity contribution in [2.75, 3.05) is 0 Å². The predicted molar refractivity (Wildman–Crippen MR) is 50.7 cm³/mol. The molecule has 0 aliphatic heterocycles. The molecule has 0 aliphatic rings. The molecular formula is C10H16N2. The van der Waals surface area contributed by atoms with E-state index < -0.39 is 0 Å². The van der Waals surface area contributed by atoms with Gasteiger partial charge in [0.1, 0.15) is 0 Å². The minimum atomic E-state index is -0.235. The number of rotatable bonds is 3. The van der Waals surface area contributed by atoms with Crippen LogP contribution in [0.5, 0.6) is 0 Å². The van der Waals surface area contributed by atoms with Crippen LogP contribution in [0.25, 0.3) is 0 Å². The van der Waals surface area contributed by atoms with Crippen molar-refractivity contribution in [3.63, 3.8) is 0 Å². The maximum absolute atomic E-state index is 6.16. The van der Waals surface area contributed by atoms with E-state index in [-0.39, 0.29) is 5.54 Å². The topological polar surface area (TPSA) is 38.9 Å². The van der Waals surface area contributed by atoms with Gasteiger partial charge in [0.25, 0.3) is 0 Å². The summed E-state index contributed by atoms with van der Waals surface area (Å²) in [5.41, 5.74) is 6.92. The van der Waals surface area contributed by atoms with Gasteiger partial charge in [0, 0.05) is 6.20 Å². The molecule has 1 heterocycles. The smallest absolute Gasteiger partial charge is 0.0602 e. The molecule has 1 rings (SSSR count). The van der Waals surface area contributed by atoms with Gasteiger partial charge in [-0.3, -0.25) is 4.98 Å². The third-order valence-electron chi connectivity index (χ3n) is 2.44. The summed E-state index contributed by atoms with van der Waals surface area (Å²) < 4.78 is 0. The Morgan fingerprint density at radius 1 is 1.33 bits per heavy atom. The summed E-state index contributed by atoms with van der Waals surface area (Å²) in [6.45, 7) is 4.19. The van der Waals surface area contributed by atoms with Crippen LogP contribution < -0.4 is 5.73 Å². The Hall–Kier alpha value is -0.890. The van der Waals surface area contributed by atoms with Gasteiger partial charge in [-0.2, -0.15) is 0 Å². The van der Waals surface area contributed by atoms with Gasteiger partial charge in [-0.1, -0.05) is 19.9 Å². The van der Waals surface area contributed by atoms with Gasteiger partial charge in [0.15, 0.2) is 0 Å². The average molecular weight is 164 g/mol. The molecule has 2 nitrogen and oxygen atoms in total. The zero-order valence-corrected chi connectivity index (χ0v) is 7.75. The summed E-state index contributed by atoms with van der Waals surface area (Å²) in [4.78, 5) is 4.27. The Kier molecular flexibility index (Phi) is 2.82. The van der Waals surface area contributed by atoms with E-state index in [0.717, 1.165) is 18.5 Å². The van der Waals surface area contributed by atoms with Crippen LogP contribution in [0.15, 0.2) is 24.4 Å². The minimum Gasteiger partial charge on any atom is -0.320 e. The fourth-order valence-corrected chi connectivity index (χ4v) is 1.27. The first-order valence-corrected chi connectivity index (χ1v) is 4.43. The van der Waals surface area contributed by atoms with Gasteiger partial charge < -0.3 is 5.73 Å².